The van der Waals surface area contributed by atoms with Crippen molar-refractivity contribution in [2.75, 3.05) is 13.7 Å². The number of aryl methyl sites for hydroxylation is 1. The summed E-state index contributed by atoms with van der Waals surface area (Å²) in [6, 6.07) is 17.4. The molecule has 29 heavy (non-hydrogen) atoms. The topological polar surface area (TPSA) is 84.9 Å². The summed E-state index contributed by atoms with van der Waals surface area (Å²) in [7, 11) is 1.26. The Bertz CT molecular complexity index is 841. The van der Waals surface area contributed by atoms with Crippen molar-refractivity contribution in [2.24, 2.45) is 0 Å². The van der Waals surface area contributed by atoms with Gasteiger partial charge in [0, 0.05) is 0 Å². The summed E-state index contributed by atoms with van der Waals surface area (Å²) in [5.41, 5.74) is 1.90. The number of rotatable bonds is 6. The SMILES string of the molecule is COC(=O)[C@@H]1[C@@H](CCc2ccccc2)NC(=O)CN1C(=O)OCc1ccccc1. The van der Waals surface area contributed by atoms with E-state index in [4.69, 9.17) is 9.47 Å². The van der Waals surface area contributed by atoms with Gasteiger partial charge in [-0.3, -0.25) is 9.69 Å². The molecule has 2 amide bonds. The van der Waals surface area contributed by atoms with E-state index in [1.807, 2.05) is 60.7 Å². The first-order chi connectivity index (χ1) is 14.1. The highest BCUT2D eigenvalue weighted by molar-refractivity contribution is 5.90. The summed E-state index contributed by atoms with van der Waals surface area (Å²) in [5.74, 6) is -0.917. The van der Waals surface area contributed by atoms with Crippen LogP contribution in [0.2, 0.25) is 0 Å². The van der Waals surface area contributed by atoms with Crippen molar-refractivity contribution in [3.05, 3.63) is 71.8 Å². The maximum absolute atomic E-state index is 12.7. The van der Waals surface area contributed by atoms with Crippen molar-refractivity contribution in [2.45, 2.75) is 31.5 Å². The minimum Gasteiger partial charge on any atom is -0.467 e. The summed E-state index contributed by atoms with van der Waals surface area (Å²) in [6.07, 6.45) is 0.410. The molecule has 1 N–H and O–H groups in total. The summed E-state index contributed by atoms with van der Waals surface area (Å²) in [5, 5.41) is 2.82. The molecule has 1 heterocycles. The fourth-order valence-corrected chi connectivity index (χ4v) is 3.39. The zero-order chi connectivity index (χ0) is 20.6. The molecule has 1 saturated heterocycles. The molecule has 0 aromatic heterocycles. The van der Waals surface area contributed by atoms with Crippen LogP contribution >= 0.6 is 0 Å². The Labute approximate surface area is 169 Å². The van der Waals surface area contributed by atoms with Crippen molar-refractivity contribution in [1.82, 2.24) is 10.2 Å². The van der Waals surface area contributed by atoms with Gasteiger partial charge in [0.2, 0.25) is 5.91 Å². The number of nitrogens with zero attached hydrogens (tertiary/aromatic N) is 1. The lowest BCUT2D eigenvalue weighted by atomic mass is 9.96. The van der Waals surface area contributed by atoms with Crippen LogP contribution in [0.5, 0.6) is 0 Å². The quantitative estimate of drug-likeness (QED) is 0.758. The van der Waals surface area contributed by atoms with E-state index in [9.17, 15) is 14.4 Å². The van der Waals surface area contributed by atoms with E-state index in [0.717, 1.165) is 16.0 Å². The number of piperazine rings is 1. The molecule has 0 spiro atoms. The van der Waals surface area contributed by atoms with Crippen molar-refractivity contribution in [3.63, 3.8) is 0 Å². The monoisotopic (exact) mass is 396 g/mol. The minimum atomic E-state index is -0.940. The van der Waals surface area contributed by atoms with Crippen LogP contribution < -0.4 is 5.32 Å². The second-order valence-electron chi connectivity index (χ2n) is 6.83. The molecule has 0 saturated carbocycles. The van der Waals surface area contributed by atoms with Crippen molar-refractivity contribution < 1.29 is 23.9 Å². The molecular weight excluding hydrogens is 372 g/mol. The van der Waals surface area contributed by atoms with Gasteiger partial charge in [-0.15, -0.1) is 0 Å². The Morgan fingerprint density at radius 1 is 1.03 bits per heavy atom. The van der Waals surface area contributed by atoms with Crippen LogP contribution in [0, 0.1) is 0 Å². The van der Waals surface area contributed by atoms with Gasteiger partial charge in [0.15, 0.2) is 6.04 Å². The van der Waals surface area contributed by atoms with E-state index in [1.165, 1.54) is 7.11 Å². The standard InChI is InChI=1S/C22H24N2O5/c1-28-21(26)20-18(13-12-16-8-4-2-5-9-16)23-19(25)14-24(20)22(27)29-15-17-10-6-3-7-11-17/h2-11,18,20H,12-15H2,1H3,(H,23,25)/t18-,20+/m1/s1. The van der Waals surface area contributed by atoms with E-state index >= 15 is 0 Å². The number of ether oxygens (including phenoxy) is 2. The van der Waals surface area contributed by atoms with Crippen LogP contribution in [0.25, 0.3) is 0 Å². The third-order valence-corrected chi connectivity index (χ3v) is 4.85. The smallest absolute Gasteiger partial charge is 0.411 e. The Hall–Kier alpha value is -3.35. The van der Waals surface area contributed by atoms with Crippen LogP contribution in [-0.4, -0.2) is 48.6 Å². The van der Waals surface area contributed by atoms with Gasteiger partial charge in [-0.25, -0.2) is 9.59 Å². The molecule has 0 radical (unpaired) electrons. The van der Waals surface area contributed by atoms with Crippen LogP contribution in [-0.2, 0) is 32.1 Å². The van der Waals surface area contributed by atoms with Gasteiger partial charge in [0.25, 0.3) is 0 Å². The lowest BCUT2D eigenvalue weighted by molar-refractivity contribution is -0.150. The first kappa shape index (κ1) is 20.4. The van der Waals surface area contributed by atoms with Crippen LogP contribution in [0.4, 0.5) is 4.79 Å². The summed E-state index contributed by atoms with van der Waals surface area (Å²) < 4.78 is 10.3. The van der Waals surface area contributed by atoms with Crippen LogP contribution in [0.3, 0.4) is 0 Å². The van der Waals surface area contributed by atoms with E-state index in [0.29, 0.717) is 12.8 Å². The van der Waals surface area contributed by atoms with Gasteiger partial charge in [0.05, 0.1) is 13.2 Å². The molecule has 3 rings (SSSR count). The molecule has 0 unspecified atom stereocenters. The number of carbonyl (C=O) groups excluding carboxylic acids is 3. The molecule has 7 nitrogen and oxygen atoms in total. The van der Waals surface area contributed by atoms with Gasteiger partial charge < -0.3 is 14.8 Å². The number of benzene rings is 2. The number of hydrogen-bond acceptors (Lipinski definition) is 5. The van der Waals surface area contributed by atoms with E-state index < -0.39 is 24.1 Å². The zero-order valence-electron chi connectivity index (χ0n) is 16.2. The van der Waals surface area contributed by atoms with E-state index in [2.05, 4.69) is 5.32 Å². The minimum absolute atomic E-state index is 0.0559. The number of amides is 2. The van der Waals surface area contributed by atoms with Crippen molar-refractivity contribution >= 4 is 18.0 Å². The second kappa shape index (κ2) is 9.73. The normalized spacial score (nSPS) is 18.7. The average Bonchev–Trinajstić information content (AvgIpc) is 2.76. The third kappa shape index (κ3) is 5.34. The Balaban J connectivity index is 1.72. The van der Waals surface area contributed by atoms with Gasteiger partial charge in [0.1, 0.15) is 13.2 Å². The zero-order valence-corrected chi connectivity index (χ0v) is 16.2. The average molecular weight is 396 g/mol. The highest BCUT2D eigenvalue weighted by Gasteiger charge is 2.43. The number of nitrogens with one attached hydrogen (secondary N) is 1. The Morgan fingerprint density at radius 3 is 2.28 bits per heavy atom. The number of hydrogen-bond donors (Lipinski definition) is 1. The lowest BCUT2D eigenvalue weighted by Gasteiger charge is -2.38. The highest BCUT2D eigenvalue weighted by Crippen LogP contribution is 2.19. The molecule has 1 fully saturated rings. The maximum Gasteiger partial charge on any atom is 0.411 e. The fraction of sp³-hybridized carbons (Fsp3) is 0.318. The summed E-state index contributed by atoms with van der Waals surface area (Å²) in [4.78, 5) is 38.5. The van der Waals surface area contributed by atoms with Crippen LogP contribution in [0.15, 0.2) is 60.7 Å². The molecule has 152 valence electrons. The van der Waals surface area contributed by atoms with E-state index in [1.54, 1.807) is 0 Å². The molecule has 2 atom stereocenters. The predicted octanol–water partition coefficient (Wildman–Crippen LogP) is 2.30. The Kier molecular flexibility index (Phi) is 6.84. The molecule has 0 bridgehead atoms. The Morgan fingerprint density at radius 2 is 1.66 bits per heavy atom. The first-order valence-corrected chi connectivity index (χ1v) is 9.47. The summed E-state index contributed by atoms with van der Waals surface area (Å²) in [6.45, 7) is -0.199. The molecule has 1 aliphatic heterocycles. The number of carbonyl (C=O) groups is 3. The van der Waals surface area contributed by atoms with Crippen molar-refractivity contribution in [3.8, 4) is 0 Å². The largest absolute Gasteiger partial charge is 0.467 e. The molecule has 7 heteroatoms. The van der Waals surface area contributed by atoms with Crippen LogP contribution in [0.1, 0.15) is 17.5 Å². The first-order valence-electron chi connectivity index (χ1n) is 9.47. The molecular formula is C22H24N2O5. The predicted molar refractivity (Wildman–Crippen MR) is 106 cm³/mol. The second-order valence-corrected chi connectivity index (χ2v) is 6.83. The van der Waals surface area contributed by atoms with Crippen molar-refractivity contribution in [1.29, 1.82) is 0 Å². The third-order valence-electron chi connectivity index (χ3n) is 4.85. The lowest BCUT2D eigenvalue weighted by Crippen LogP contribution is -2.65. The molecule has 2 aromatic rings. The fourth-order valence-electron chi connectivity index (χ4n) is 3.39. The van der Waals surface area contributed by atoms with Gasteiger partial charge >= 0.3 is 12.1 Å². The molecule has 0 aliphatic carbocycles. The molecule has 1 aliphatic rings. The summed E-state index contributed by atoms with van der Waals surface area (Å²) >= 11 is 0. The highest BCUT2D eigenvalue weighted by atomic mass is 16.6. The maximum atomic E-state index is 12.7. The number of esters is 1. The van der Waals surface area contributed by atoms with E-state index in [-0.39, 0.29) is 19.1 Å². The van der Waals surface area contributed by atoms with Gasteiger partial charge in [-0.2, -0.15) is 0 Å². The molecule has 2 aromatic carbocycles. The van der Waals surface area contributed by atoms with Gasteiger partial charge in [-0.1, -0.05) is 60.7 Å². The number of methoxy groups -OCH3 is 1. The van der Waals surface area contributed by atoms with Gasteiger partial charge in [-0.05, 0) is 24.0 Å².